The molecule has 0 aromatic heterocycles. The van der Waals surface area contributed by atoms with Crippen LogP contribution in [-0.2, 0) is 4.79 Å². The highest BCUT2D eigenvalue weighted by Gasteiger charge is 2.61. The molecule has 0 spiro atoms. The zero-order valence-electron chi connectivity index (χ0n) is 11.4. The van der Waals surface area contributed by atoms with E-state index < -0.39 is 17.5 Å². The second-order valence-corrected chi connectivity index (χ2v) is 5.21. The van der Waals surface area contributed by atoms with Crippen LogP contribution in [0.4, 0.5) is 18.9 Å². The summed E-state index contributed by atoms with van der Waals surface area (Å²) >= 11 is 0. The Bertz CT molecular complexity index is 520. The lowest BCUT2D eigenvalue weighted by Gasteiger charge is -2.29. The zero-order chi connectivity index (χ0) is 15.0. The van der Waals surface area contributed by atoms with Gasteiger partial charge in [-0.15, -0.1) is 0 Å². The van der Waals surface area contributed by atoms with Gasteiger partial charge in [0.15, 0.2) is 5.41 Å². The van der Waals surface area contributed by atoms with Crippen LogP contribution in [0.5, 0.6) is 0 Å². The molecule has 6 heteroatoms. The van der Waals surface area contributed by atoms with Crippen molar-refractivity contribution in [2.75, 3.05) is 18.4 Å². The van der Waals surface area contributed by atoms with Gasteiger partial charge in [-0.25, -0.2) is 0 Å². The summed E-state index contributed by atoms with van der Waals surface area (Å²) in [7, 11) is 0. The Hall–Kier alpha value is -1.56. The van der Waals surface area contributed by atoms with E-state index in [-0.39, 0.29) is 19.5 Å². The molecule has 0 saturated carbocycles. The molecule has 1 aromatic rings. The van der Waals surface area contributed by atoms with Gasteiger partial charge in [-0.1, -0.05) is 12.1 Å². The van der Waals surface area contributed by atoms with E-state index in [2.05, 4.69) is 10.6 Å². The minimum Gasteiger partial charge on any atom is -0.325 e. The minimum absolute atomic E-state index is 0.194. The fraction of sp³-hybridized carbons (Fsp3) is 0.500. The molecule has 1 aliphatic rings. The number of hydrogen-bond donors (Lipinski definition) is 2. The molecule has 0 aliphatic carbocycles. The van der Waals surface area contributed by atoms with Crippen molar-refractivity contribution in [1.29, 1.82) is 0 Å². The lowest BCUT2D eigenvalue weighted by molar-refractivity contribution is -0.213. The van der Waals surface area contributed by atoms with Crippen molar-refractivity contribution < 1.29 is 18.0 Å². The SMILES string of the molecule is Cc1cccc(NC(=O)C2(C(F)(F)F)CCNC2)c1C. The number of aryl methyl sites for hydroxylation is 1. The normalized spacial score (nSPS) is 22.9. The van der Waals surface area contributed by atoms with Gasteiger partial charge in [0, 0.05) is 12.2 Å². The lowest BCUT2D eigenvalue weighted by atomic mass is 9.85. The Labute approximate surface area is 115 Å². The van der Waals surface area contributed by atoms with Gasteiger partial charge in [-0.3, -0.25) is 4.79 Å². The van der Waals surface area contributed by atoms with E-state index in [9.17, 15) is 18.0 Å². The van der Waals surface area contributed by atoms with E-state index >= 15 is 0 Å². The summed E-state index contributed by atoms with van der Waals surface area (Å²) in [5, 5.41) is 5.07. The number of amides is 1. The molecule has 1 aromatic carbocycles. The first kappa shape index (κ1) is 14.8. The third kappa shape index (κ3) is 2.40. The fourth-order valence-corrected chi connectivity index (χ4v) is 2.38. The summed E-state index contributed by atoms with van der Waals surface area (Å²) in [5.41, 5.74) is -0.188. The van der Waals surface area contributed by atoms with E-state index in [0.717, 1.165) is 11.1 Å². The Balaban J connectivity index is 2.29. The van der Waals surface area contributed by atoms with E-state index in [1.54, 1.807) is 19.1 Å². The fourth-order valence-electron chi connectivity index (χ4n) is 2.38. The van der Waals surface area contributed by atoms with Crippen LogP contribution in [0.25, 0.3) is 0 Å². The molecule has 1 atom stereocenters. The number of rotatable bonds is 2. The topological polar surface area (TPSA) is 41.1 Å². The standard InChI is InChI=1S/C14H17F3N2O/c1-9-4-3-5-11(10(9)2)19-12(20)13(14(15,16)17)6-7-18-8-13/h3-5,18H,6-8H2,1-2H3,(H,19,20). The van der Waals surface area contributed by atoms with Crippen LogP contribution in [0.2, 0.25) is 0 Å². The van der Waals surface area contributed by atoms with Crippen molar-refractivity contribution in [3.63, 3.8) is 0 Å². The smallest absolute Gasteiger partial charge is 0.325 e. The first-order chi connectivity index (χ1) is 9.28. The van der Waals surface area contributed by atoms with Crippen molar-refractivity contribution >= 4 is 11.6 Å². The Morgan fingerprint density at radius 3 is 2.60 bits per heavy atom. The van der Waals surface area contributed by atoms with Crippen LogP contribution in [0, 0.1) is 19.3 Å². The Morgan fingerprint density at radius 2 is 2.05 bits per heavy atom. The van der Waals surface area contributed by atoms with Gasteiger partial charge >= 0.3 is 6.18 Å². The molecule has 1 unspecified atom stereocenters. The third-order valence-corrected chi connectivity index (χ3v) is 3.99. The second-order valence-electron chi connectivity index (χ2n) is 5.21. The van der Waals surface area contributed by atoms with Crippen molar-refractivity contribution in [3.05, 3.63) is 29.3 Å². The quantitative estimate of drug-likeness (QED) is 0.877. The average molecular weight is 286 g/mol. The largest absolute Gasteiger partial charge is 0.404 e. The molecule has 1 fully saturated rings. The van der Waals surface area contributed by atoms with Crippen LogP contribution in [0.15, 0.2) is 18.2 Å². The van der Waals surface area contributed by atoms with Crippen molar-refractivity contribution in [1.82, 2.24) is 5.32 Å². The van der Waals surface area contributed by atoms with E-state index in [0.29, 0.717) is 5.69 Å². The van der Waals surface area contributed by atoms with Gasteiger partial charge in [0.25, 0.3) is 0 Å². The summed E-state index contributed by atoms with van der Waals surface area (Å²) in [4.78, 5) is 12.2. The molecular formula is C14H17F3N2O. The average Bonchev–Trinajstić information content (AvgIpc) is 2.85. The van der Waals surface area contributed by atoms with Crippen LogP contribution in [-0.4, -0.2) is 25.2 Å². The highest BCUT2D eigenvalue weighted by molar-refractivity contribution is 5.97. The van der Waals surface area contributed by atoms with Crippen LogP contribution in [0.1, 0.15) is 17.5 Å². The first-order valence-electron chi connectivity index (χ1n) is 6.43. The molecule has 1 amide bonds. The molecule has 1 saturated heterocycles. The third-order valence-electron chi connectivity index (χ3n) is 3.99. The number of nitrogens with one attached hydrogen (secondary N) is 2. The highest BCUT2D eigenvalue weighted by Crippen LogP contribution is 2.44. The molecule has 1 heterocycles. The van der Waals surface area contributed by atoms with E-state index in [4.69, 9.17) is 0 Å². The maximum absolute atomic E-state index is 13.2. The van der Waals surface area contributed by atoms with Gasteiger partial charge < -0.3 is 10.6 Å². The van der Waals surface area contributed by atoms with Crippen molar-refractivity contribution in [2.24, 2.45) is 5.41 Å². The summed E-state index contributed by atoms with van der Waals surface area (Å²) in [6.45, 7) is 3.45. The van der Waals surface area contributed by atoms with Crippen LogP contribution < -0.4 is 10.6 Å². The zero-order valence-corrected chi connectivity index (χ0v) is 11.4. The Kier molecular flexibility index (Phi) is 3.77. The predicted octanol–water partition coefficient (Wildman–Crippen LogP) is 2.78. The summed E-state index contributed by atoms with van der Waals surface area (Å²) < 4.78 is 39.7. The van der Waals surface area contributed by atoms with E-state index in [1.807, 2.05) is 13.0 Å². The molecular weight excluding hydrogens is 269 g/mol. The maximum atomic E-state index is 13.2. The van der Waals surface area contributed by atoms with Crippen molar-refractivity contribution in [3.8, 4) is 0 Å². The number of carbonyl (C=O) groups is 1. The van der Waals surface area contributed by atoms with Gasteiger partial charge in [0.2, 0.25) is 5.91 Å². The van der Waals surface area contributed by atoms with Crippen LogP contribution in [0.3, 0.4) is 0 Å². The minimum atomic E-state index is -4.56. The van der Waals surface area contributed by atoms with Gasteiger partial charge in [-0.05, 0) is 44.0 Å². The monoisotopic (exact) mass is 286 g/mol. The molecule has 2 rings (SSSR count). The number of anilines is 1. The van der Waals surface area contributed by atoms with E-state index in [1.165, 1.54) is 0 Å². The highest BCUT2D eigenvalue weighted by atomic mass is 19.4. The predicted molar refractivity (Wildman–Crippen MR) is 70.5 cm³/mol. The summed E-state index contributed by atoms with van der Waals surface area (Å²) in [6.07, 6.45) is -4.79. The number of hydrogen-bond acceptors (Lipinski definition) is 2. The summed E-state index contributed by atoms with van der Waals surface area (Å²) in [6, 6.07) is 5.18. The molecule has 1 aliphatic heterocycles. The van der Waals surface area contributed by atoms with Gasteiger partial charge in [0.05, 0.1) is 0 Å². The first-order valence-corrected chi connectivity index (χ1v) is 6.43. The number of halogens is 3. The lowest BCUT2D eigenvalue weighted by Crippen LogP contribution is -2.49. The number of alkyl halides is 3. The maximum Gasteiger partial charge on any atom is 0.404 e. The van der Waals surface area contributed by atoms with Crippen molar-refractivity contribution in [2.45, 2.75) is 26.4 Å². The summed E-state index contributed by atoms with van der Waals surface area (Å²) in [5.74, 6) is -0.983. The van der Waals surface area contributed by atoms with Gasteiger partial charge in [0.1, 0.15) is 0 Å². The second kappa shape index (κ2) is 5.09. The number of benzene rings is 1. The molecule has 20 heavy (non-hydrogen) atoms. The Morgan fingerprint density at radius 1 is 1.35 bits per heavy atom. The molecule has 3 nitrogen and oxygen atoms in total. The van der Waals surface area contributed by atoms with Crippen LogP contribution >= 0.6 is 0 Å². The van der Waals surface area contributed by atoms with Gasteiger partial charge in [-0.2, -0.15) is 13.2 Å². The molecule has 0 bridgehead atoms. The molecule has 2 N–H and O–H groups in total. The molecule has 110 valence electrons. The number of carbonyl (C=O) groups excluding carboxylic acids is 1. The molecule has 0 radical (unpaired) electrons.